The van der Waals surface area contributed by atoms with Crippen molar-refractivity contribution in [1.29, 1.82) is 0 Å². The van der Waals surface area contributed by atoms with Gasteiger partial charge in [-0.2, -0.15) is 5.10 Å². The van der Waals surface area contributed by atoms with Crippen LogP contribution >= 0.6 is 0 Å². The molecule has 1 aromatic rings. The number of fused-ring (bicyclic) bond motifs is 1. The fourth-order valence-electron chi connectivity index (χ4n) is 3.10. The Morgan fingerprint density at radius 2 is 2.10 bits per heavy atom. The smallest absolute Gasteiger partial charge is 0.410 e. The van der Waals surface area contributed by atoms with Crippen molar-refractivity contribution in [1.82, 2.24) is 15.1 Å². The molecule has 6 nitrogen and oxygen atoms in total. The average Bonchev–Trinajstić information content (AvgIpc) is 2.80. The molecular formula is C14H22N4O2. The lowest BCUT2D eigenvalue weighted by Crippen LogP contribution is -2.36. The third kappa shape index (κ3) is 2.34. The van der Waals surface area contributed by atoms with Gasteiger partial charge in [-0.15, -0.1) is 0 Å². The summed E-state index contributed by atoms with van der Waals surface area (Å²) in [5.74, 6) is 2.48. The highest BCUT2D eigenvalue weighted by Crippen LogP contribution is 2.58. The Kier molecular flexibility index (Phi) is 2.92. The molecule has 3 rings (SSSR count). The van der Waals surface area contributed by atoms with E-state index in [1.165, 1.54) is 5.69 Å². The molecule has 0 spiro atoms. The third-order valence-corrected chi connectivity index (χ3v) is 4.06. The van der Waals surface area contributed by atoms with Crippen LogP contribution in [0.5, 0.6) is 0 Å². The number of anilines is 1. The van der Waals surface area contributed by atoms with Crippen LogP contribution in [0, 0.1) is 11.8 Å². The first-order valence-electron chi connectivity index (χ1n) is 7.10. The molecule has 0 bridgehead atoms. The van der Waals surface area contributed by atoms with E-state index in [-0.39, 0.29) is 6.09 Å². The fourth-order valence-corrected chi connectivity index (χ4v) is 3.10. The molecule has 2 unspecified atom stereocenters. The number of hydrogen-bond acceptors (Lipinski definition) is 4. The van der Waals surface area contributed by atoms with Gasteiger partial charge >= 0.3 is 6.09 Å². The first kappa shape index (κ1) is 13.3. The molecule has 2 heterocycles. The monoisotopic (exact) mass is 278 g/mol. The predicted molar refractivity (Wildman–Crippen MR) is 75.7 cm³/mol. The van der Waals surface area contributed by atoms with E-state index in [1.54, 1.807) is 0 Å². The van der Waals surface area contributed by atoms with Gasteiger partial charge in [0.2, 0.25) is 0 Å². The molecule has 2 aliphatic rings. The number of carbonyl (C=O) groups is 1. The zero-order chi connectivity index (χ0) is 14.5. The molecule has 2 N–H and O–H groups in total. The largest absolute Gasteiger partial charge is 0.444 e. The SMILES string of the molecule is CNc1cc(C2C3CN(C(=O)OC(C)(C)C)CC32)[nH]n1. The number of piperidine rings is 1. The van der Waals surface area contributed by atoms with Crippen molar-refractivity contribution in [3.63, 3.8) is 0 Å². The number of rotatable bonds is 2. The Morgan fingerprint density at radius 3 is 2.60 bits per heavy atom. The van der Waals surface area contributed by atoms with Crippen molar-refractivity contribution in [3.8, 4) is 0 Å². The minimum Gasteiger partial charge on any atom is -0.444 e. The molecule has 0 radical (unpaired) electrons. The molecule has 2 atom stereocenters. The van der Waals surface area contributed by atoms with Crippen LogP contribution in [-0.2, 0) is 4.74 Å². The van der Waals surface area contributed by atoms with E-state index in [1.807, 2.05) is 32.7 Å². The number of H-pyrrole nitrogens is 1. The molecule has 1 aromatic heterocycles. The van der Waals surface area contributed by atoms with Crippen molar-refractivity contribution in [2.45, 2.75) is 32.3 Å². The number of carbonyl (C=O) groups excluding carboxylic acids is 1. The summed E-state index contributed by atoms with van der Waals surface area (Å²) in [6.45, 7) is 7.27. The summed E-state index contributed by atoms with van der Waals surface area (Å²) >= 11 is 0. The molecule has 0 aromatic carbocycles. The van der Waals surface area contributed by atoms with Crippen LogP contribution in [0.1, 0.15) is 32.4 Å². The highest BCUT2D eigenvalue weighted by molar-refractivity contribution is 5.69. The van der Waals surface area contributed by atoms with Gasteiger partial charge in [-0.1, -0.05) is 0 Å². The minimum absolute atomic E-state index is 0.191. The lowest BCUT2D eigenvalue weighted by atomic mass is 10.2. The van der Waals surface area contributed by atoms with Crippen LogP contribution < -0.4 is 5.32 Å². The first-order chi connectivity index (χ1) is 9.39. The van der Waals surface area contributed by atoms with Gasteiger partial charge < -0.3 is 15.0 Å². The van der Waals surface area contributed by atoms with Gasteiger partial charge in [0, 0.05) is 37.8 Å². The van der Waals surface area contributed by atoms with Gasteiger partial charge in [0.25, 0.3) is 0 Å². The van der Waals surface area contributed by atoms with Gasteiger partial charge in [-0.05, 0) is 32.6 Å². The van der Waals surface area contributed by atoms with Gasteiger partial charge in [-0.25, -0.2) is 4.79 Å². The molecule has 1 aliphatic carbocycles. The molecule has 1 aliphatic heterocycles. The zero-order valence-electron chi connectivity index (χ0n) is 12.4. The Labute approximate surface area is 118 Å². The number of aromatic amines is 1. The minimum atomic E-state index is -0.422. The van der Waals surface area contributed by atoms with Crippen LogP contribution in [0.3, 0.4) is 0 Å². The fraction of sp³-hybridized carbons (Fsp3) is 0.714. The van der Waals surface area contributed by atoms with E-state index >= 15 is 0 Å². The molecule has 1 amide bonds. The highest BCUT2D eigenvalue weighted by atomic mass is 16.6. The summed E-state index contributed by atoms with van der Waals surface area (Å²) in [6, 6.07) is 2.06. The molecule has 1 saturated heterocycles. The van der Waals surface area contributed by atoms with Gasteiger partial charge in [0.05, 0.1) is 0 Å². The molecule has 6 heteroatoms. The predicted octanol–water partition coefficient (Wildman–Crippen LogP) is 2.03. The standard InChI is InChI=1S/C14H22N4O2/c1-14(2,3)20-13(19)18-6-8-9(7-18)12(8)10-5-11(15-4)17-16-10/h5,8-9,12H,6-7H2,1-4H3,(H2,15,16,17). The quantitative estimate of drug-likeness (QED) is 0.868. The number of amides is 1. The van der Waals surface area contributed by atoms with Crippen LogP contribution in [0.15, 0.2) is 6.07 Å². The van der Waals surface area contributed by atoms with Gasteiger partial charge in [0.15, 0.2) is 0 Å². The van der Waals surface area contributed by atoms with Crippen molar-refractivity contribution >= 4 is 11.9 Å². The summed E-state index contributed by atoms with van der Waals surface area (Å²) in [6.07, 6.45) is -0.191. The molecule has 1 saturated carbocycles. The van der Waals surface area contributed by atoms with Crippen molar-refractivity contribution in [3.05, 3.63) is 11.8 Å². The number of likely N-dealkylation sites (tertiary alicyclic amines) is 1. The molecule has 20 heavy (non-hydrogen) atoms. The maximum Gasteiger partial charge on any atom is 0.410 e. The van der Waals surface area contributed by atoms with E-state index < -0.39 is 5.60 Å². The lowest BCUT2D eigenvalue weighted by Gasteiger charge is -2.25. The van der Waals surface area contributed by atoms with Crippen LogP contribution in [-0.4, -0.2) is 46.9 Å². The second kappa shape index (κ2) is 4.40. The molecule has 110 valence electrons. The van der Waals surface area contributed by atoms with E-state index in [4.69, 9.17) is 4.74 Å². The lowest BCUT2D eigenvalue weighted by molar-refractivity contribution is 0.0271. The second-order valence-electron chi connectivity index (χ2n) is 6.70. The number of ether oxygens (including phenoxy) is 1. The van der Waals surface area contributed by atoms with Crippen LogP contribution in [0.2, 0.25) is 0 Å². The van der Waals surface area contributed by atoms with Crippen molar-refractivity contribution in [2.75, 3.05) is 25.5 Å². The topological polar surface area (TPSA) is 70.2 Å². The summed E-state index contributed by atoms with van der Waals surface area (Å²) in [4.78, 5) is 13.8. The van der Waals surface area contributed by atoms with E-state index in [9.17, 15) is 4.79 Å². The third-order valence-electron chi connectivity index (χ3n) is 4.06. The zero-order valence-corrected chi connectivity index (χ0v) is 12.4. The number of aromatic nitrogens is 2. The highest BCUT2D eigenvalue weighted by Gasteiger charge is 2.58. The Hall–Kier alpha value is -1.72. The Bertz CT molecular complexity index is 507. The number of nitrogens with one attached hydrogen (secondary N) is 2. The summed E-state index contributed by atoms with van der Waals surface area (Å²) in [5, 5.41) is 10.3. The van der Waals surface area contributed by atoms with E-state index in [2.05, 4.69) is 21.6 Å². The summed E-state index contributed by atoms with van der Waals surface area (Å²) in [7, 11) is 1.86. The normalized spacial score (nSPS) is 28.2. The summed E-state index contributed by atoms with van der Waals surface area (Å²) in [5.41, 5.74) is 0.752. The second-order valence-corrected chi connectivity index (χ2v) is 6.70. The molecular weight excluding hydrogens is 256 g/mol. The van der Waals surface area contributed by atoms with E-state index in [0.717, 1.165) is 18.9 Å². The maximum atomic E-state index is 12.0. The van der Waals surface area contributed by atoms with E-state index in [0.29, 0.717) is 17.8 Å². The van der Waals surface area contributed by atoms with Gasteiger partial charge in [0.1, 0.15) is 11.4 Å². The first-order valence-corrected chi connectivity index (χ1v) is 7.10. The average molecular weight is 278 g/mol. The summed E-state index contributed by atoms with van der Waals surface area (Å²) < 4.78 is 5.41. The Balaban J connectivity index is 1.56. The Morgan fingerprint density at radius 1 is 1.45 bits per heavy atom. The molecule has 2 fully saturated rings. The van der Waals surface area contributed by atoms with Crippen molar-refractivity contribution < 1.29 is 9.53 Å². The number of nitrogens with zero attached hydrogens (tertiary/aromatic N) is 2. The van der Waals surface area contributed by atoms with Crippen LogP contribution in [0.4, 0.5) is 10.6 Å². The van der Waals surface area contributed by atoms with Crippen LogP contribution in [0.25, 0.3) is 0 Å². The number of hydrogen-bond donors (Lipinski definition) is 2. The van der Waals surface area contributed by atoms with Crippen molar-refractivity contribution in [2.24, 2.45) is 11.8 Å². The maximum absolute atomic E-state index is 12.0. The van der Waals surface area contributed by atoms with Gasteiger partial charge in [-0.3, -0.25) is 5.10 Å².